The van der Waals surface area contributed by atoms with Crippen LogP contribution in [0.25, 0.3) is 5.57 Å². The zero-order valence-electron chi connectivity index (χ0n) is 14.3. The second kappa shape index (κ2) is 8.18. The summed E-state index contributed by atoms with van der Waals surface area (Å²) in [5.74, 6) is 1.36. The highest BCUT2D eigenvalue weighted by Gasteiger charge is 2.30. The molecule has 3 nitrogen and oxygen atoms in total. The third-order valence-electron chi connectivity index (χ3n) is 4.71. The predicted octanol–water partition coefficient (Wildman–Crippen LogP) is 4.92. The summed E-state index contributed by atoms with van der Waals surface area (Å²) in [4.78, 5) is 10.9. The van der Waals surface area contributed by atoms with Crippen molar-refractivity contribution in [1.29, 1.82) is 0 Å². The van der Waals surface area contributed by atoms with Crippen molar-refractivity contribution in [3.8, 4) is 5.75 Å². The minimum atomic E-state index is -0.362. The summed E-state index contributed by atoms with van der Waals surface area (Å²) < 4.78 is 10.7. The van der Waals surface area contributed by atoms with Gasteiger partial charge in [-0.1, -0.05) is 24.3 Å². The van der Waals surface area contributed by atoms with Crippen LogP contribution in [0.4, 0.5) is 0 Å². The van der Waals surface area contributed by atoms with Gasteiger partial charge in [0.25, 0.3) is 0 Å². The molecule has 0 unspecified atom stereocenters. The summed E-state index contributed by atoms with van der Waals surface area (Å²) in [7, 11) is 0. The maximum atomic E-state index is 10.9. The Balaban J connectivity index is 1.43. The molecule has 2 aliphatic rings. The Morgan fingerprint density at radius 2 is 1.83 bits per heavy atom. The standard InChI is InChI=1S/C21H26O3/c1-2-20(22)24-15-4-3-14-23-19-12-10-18(11-13-19)21(17-8-9-17)16-6-5-7-16/h2,10-13,17H,1,3-9,14-15H2. The first kappa shape index (κ1) is 16.8. The van der Waals surface area contributed by atoms with Crippen LogP contribution in [0.2, 0.25) is 0 Å². The van der Waals surface area contributed by atoms with Crippen molar-refractivity contribution in [1.82, 2.24) is 0 Å². The zero-order valence-corrected chi connectivity index (χ0v) is 14.3. The van der Waals surface area contributed by atoms with Gasteiger partial charge in [0.1, 0.15) is 5.75 Å². The van der Waals surface area contributed by atoms with Crippen molar-refractivity contribution >= 4 is 11.5 Å². The van der Waals surface area contributed by atoms with Gasteiger partial charge >= 0.3 is 5.97 Å². The fraction of sp³-hybridized carbons (Fsp3) is 0.476. The normalized spacial score (nSPS) is 16.2. The van der Waals surface area contributed by atoms with Crippen LogP contribution in [0.5, 0.6) is 5.75 Å². The molecule has 0 N–H and O–H groups in total. The van der Waals surface area contributed by atoms with Crippen LogP contribution in [0.1, 0.15) is 50.5 Å². The van der Waals surface area contributed by atoms with E-state index in [9.17, 15) is 4.79 Å². The molecular formula is C21H26O3. The van der Waals surface area contributed by atoms with E-state index in [4.69, 9.17) is 9.47 Å². The Kier molecular flexibility index (Phi) is 5.73. The molecule has 1 aromatic carbocycles. The van der Waals surface area contributed by atoms with Crippen LogP contribution >= 0.6 is 0 Å². The van der Waals surface area contributed by atoms with E-state index in [1.54, 1.807) is 11.1 Å². The Labute approximate surface area is 144 Å². The Bertz CT molecular complexity index is 602. The topological polar surface area (TPSA) is 35.5 Å². The lowest BCUT2D eigenvalue weighted by molar-refractivity contribution is -0.137. The van der Waals surface area contributed by atoms with E-state index in [2.05, 4.69) is 30.8 Å². The molecule has 2 fully saturated rings. The molecule has 3 heteroatoms. The number of carbonyl (C=O) groups is 1. The quantitative estimate of drug-likeness (QED) is 0.367. The molecule has 0 aliphatic heterocycles. The molecule has 0 amide bonds. The van der Waals surface area contributed by atoms with E-state index < -0.39 is 0 Å². The average molecular weight is 326 g/mol. The molecule has 0 bridgehead atoms. The first-order valence-electron chi connectivity index (χ1n) is 9.02. The van der Waals surface area contributed by atoms with Gasteiger partial charge in [-0.15, -0.1) is 0 Å². The number of carbonyl (C=O) groups excluding carboxylic acids is 1. The number of esters is 1. The first-order chi connectivity index (χ1) is 11.8. The van der Waals surface area contributed by atoms with E-state index in [0.717, 1.165) is 24.5 Å². The van der Waals surface area contributed by atoms with E-state index in [-0.39, 0.29) is 5.97 Å². The molecule has 0 aromatic heterocycles. The second-order valence-electron chi connectivity index (χ2n) is 6.60. The highest BCUT2D eigenvalue weighted by Crippen LogP contribution is 2.47. The summed E-state index contributed by atoms with van der Waals surface area (Å²) in [6, 6.07) is 8.57. The van der Waals surface area contributed by atoms with E-state index in [1.807, 2.05) is 0 Å². The molecular weight excluding hydrogens is 300 g/mol. The summed E-state index contributed by atoms with van der Waals surface area (Å²) in [5.41, 5.74) is 4.69. The van der Waals surface area contributed by atoms with Gasteiger partial charge in [0.2, 0.25) is 0 Å². The third-order valence-corrected chi connectivity index (χ3v) is 4.71. The molecule has 0 radical (unpaired) electrons. The lowest BCUT2D eigenvalue weighted by Crippen LogP contribution is -2.05. The number of hydrogen-bond acceptors (Lipinski definition) is 3. The van der Waals surface area contributed by atoms with Gasteiger partial charge in [0.15, 0.2) is 0 Å². The molecule has 128 valence electrons. The maximum absolute atomic E-state index is 10.9. The second-order valence-corrected chi connectivity index (χ2v) is 6.60. The number of allylic oxidation sites excluding steroid dienone is 2. The number of rotatable bonds is 9. The van der Waals surface area contributed by atoms with Crippen LogP contribution in [-0.2, 0) is 9.53 Å². The van der Waals surface area contributed by atoms with Gasteiger partial charge < -0.3 is 9.47 Å². The molecule has 0 atom stereocenters. The Morgan fingerprint density at radius 3 is 2.42 bits per heavy atom. The highest BCUT2D eigenvalue weighted by molar-refractivity contribution is 5.81. The van der Waals surface area contributed by atoms with E-state index >= 15 is 0 Å². The fourth-order valence-corrected chi connectivity index (χ4v) is 3.08. The van der Waals surface area contributed by atoms with Crippen molar-refractivity contribution < 1.29 is 14.3 Å². The Hall–Kier alpha value is -2.03. The average Bonchev–Trinajstić information content (AvgIpc) is 3.39. The van der Waals surface area contributed by atoms with Crippen molar-refractivity contribution in [2.24, 2.45) is 5.92 Å². The smallest absolute Gasteiger partial charge is 0.330 e. The van der Waals surface area contributed by atoms with Gasteiger partial charge in [-0.05, 0) is 74.1 Å². The zero-order chi connectivity index (χ0) is 16.8. The lowest BCUT2D eigenvalue weighted by Gasteiger charge is -2.22. The third kappa shape index (κ3) is 4.50. The predicted molar refractivity (Wildman–Crippen MR) is 95.8 cm³/mol. The number of ether oxygens (including phenoxy) is 2. The van der Waals surface area contributed by atoms with Gasteiger partial charge in [0.05, 0.1) is 13.2 Å². The highest BCUT2D eigenvalue weighted by atomic mass is 16.5. The number of benzene rings is 1. The summed E-state index contributed by atoms with van der Waals surface area (Å²) in [5, 5.41) is 0. The maximum Gasteiger partial charge on any atom is 0.330 e. The fourth-order valence-electron chi connectivity index (χ4n) is 3.08. The molecule has 2 saturated carbocycles. The van der Waals surface area contributed by atoms with Crippen molar-refractivity contribution in [3.05, 3.63) is 48.1 Å². The number of hydrogen-bond donors (Lipinski definition) is 0. The van der Waals surface area contributed by atoms with Gasteiger partial charge in [-0.25, -0.2) is 4.79 Å². The monoisotopic (exact) mass is 326 g/mol. The van der Waals surface area contributed by atoms with Crippen LogP contribution < -0.4 is 4.74 Å². The van der Waals surface area contributed by atoms with Gasteiger partial charge in [-0.2, -0.15) is 0 Å². The molecule has 3 rings (SSSR count). The molecule has 0 saturated heterocycles. The number of unbranched alkanes of at least 4 members (excludes halogenated alkanes) is 1. The molecule has 0 spiro atoms. The molecule has 2 aliphatic carbocycles. The van der Waals surface area contributed by atoms with Crippen LogP contribution in [0.3, 0.4) is 0 Å². The van der Waals surface area contributed by atoms with Gasteiger partial charge in [-0.3, -0.25) is 0 Å². The lowest BCUT2D eigenvalue weighted by atomic mass is 9.83. The van der Waals surface area contributed by atoms with Crippen LogP contribution in [0, 0.1) is 5.92 Å². The Morgan fingerprint density at radius 1 is 1.12 bits per heavy atom. The molecule has 24 heavy (non-hydrogen) atoms. The summed E-state index contributed by atoms with van der Waals surface area (Å²) in [6.07, 6.45) is 9.50. The van der Waals surface area contributed by atoms with Crippen molar-refractivity contribution in [3.63, 3.8) is 0 Å². The van der Waals surface area contributed by atoms with E-state index in [0.29, 0.717) is 13.2 Å². The van der Waals surface area contributed by atoms with E-state index in [1.165, 1.54) is 43.7 Å². The molecule has 1 aromatic rings. The van der Waals surface area contributed by atoms with Crippen LogP contribution in [0.15, 0.2) is 42.5 Å². The minimum absolute atomic E-state index is 0.362. The largest absolute Gasteiger partial charge is 0.494 e. The van der Waals surface area contributed by atoms with Crippen molar-refractivity contribution in [2.75, 3.05) is 13.2 Å². The molecule has 0 heterocycles. The summed E-state index contributed by atoms with van der Waals surface area (Å²) >= 11 is 0. The van der Waals surface area contributed by atoms with Crippen molar-refractivity contribution in [2.45, 2.75) is 44.9 Å². The minimum Gasteiger partial charge on any atom is -0.494 e. The SMILES string of the molecule is C=CC(=O)OCCCCOc1ccc(C(=C2CCC2)C2CC2)cc1. The summed E-state index contributed by atoms with van der Waals surface area (Å²) in [6.45, 7) is 4.43. The van der Waals surface area contributed by atoms with Gasteiger partial charge in [0, 0.05) is 6.08 Å². The first-order valence-corrected chi connectivity index (χ1v) is 9.02. The van der Waals surface area contributed by atoms with Crippen LogP contribution in [-0.4, -0.2) is 19.2 Å².